The maximum Gasteiger partial charge on any atom is 0.278 e. The van der Waals surface area contributed by atoms with Crippen LogP contribution in [0.1, 0.15) is 23.0 Å². The highest BCUT2D eigenvalue weighted by molar-refractivity contribution is 7.89. The molecule has 2 aromatic carbocycles. The van der Waals surface area contributed by atoms with Crippen LogP contribution >= 0.6 is 12.4 Å². The average Bonchev–Trinajstić information content (AvgIpc) is 2.95. The standard InChI is InChI=1S/C27H34N6O6S.ClH/c1-3-33-11-12-37-13-14-38-15-16-39-25-20(17-29-2)5-4-6-22(25)32-27(34)24-26(28)30-18-23(31-24)19-7-9-21(10-8-19)40(33,35)36;/h4-10,18,29H,3,11-17H2,1-2H3,(H2,28,30)(H,32,34);1H. The summed E-state index contributed by atoms with van der Waals surface area (Å²) in [5.41, 5.74) is 8.20. The predicted octanol–water partition coefficient (Wildman–Crippen LogP) is 2.56. The minimum absolute atomic E-state index is 0. The number of benzene rings is 2. The molecule has 0 saturated carbocycles. The zero-order chi connectivity index (χ0) is 28.5. The van der Waals surface area contributed by atoms with Crippen LogP contribution in [0.3, 0.4) is 0 Å². The van der Waals surface area contributed by atoms with E-state index < -0.39 is 15.9 Å². The lowest BCUT2D eigenvalue weighted by Gasteiger charge is -2.21. The number of anilines is 2. The van der Waals surface area contributed by atoms with E-state index in [9.17, 15) is 13.2 Å². The normalized spacial score (nSPS) is 16.7. The number of nitrogens with zero attached hydrogens (tertiary/aromatic N) is 3. The fourth-order valence-electron chi connectivity index (χ4n) is 4.16. The highest BCUT2D eigenvalue weighted by Gasteiger charge is 2.23. The summed E-state index contributed by atoms with van der Waals surface area (Å²) in [7, 11) is -1.91. The number of halogens is 1. The summed E-state index contributed by atoms with van der Waals surface area (Å²) in [6, 6.07) is 11.7. The molecule has 0 spiro atoms. The monoisotopic (exact) mass is 606 g/mol. The molecule has 12 nitrogen and oxygen atoms in total. The van der Waals surface area contributed by atoms with Gasteiger partial charge in [-0.05, 0) is 25.2 Å². The van der Waals surface area contributed by atoms with Gasteiger partial charge in [0.2, 0.25) is 10.0 Å². The van der Waals surface area contributed by atoms with E-state index in [2.05, 4.69) is 20.6 Å². The van der Waals surface area contributed by atoms with Gasteiger partial charge < -0.3 is 30.6 Å². The number of nitrogens with one attached hydrogen (secondary N) is 2. The van der Waals surface area contributed by atoms with E-state index >= 15 is 0 Å². The quantitative estimate of drug-likeness (QED) is 0.378. The molecule has 222 valence electrons. The van der Waals surface area contributed by atoms with Crippen LogP contribution in [0.5, 0.6) is 5.75 Å². The Morgan fingerprint density at radius 1 is 1.05 bits per heavy atom. The van der Waals surface area contributed by atoms with Crippen LogP contribution < -0.4 is 21.1 Å². The molecule has 3 aromatic rings. The van der Waals surface area contributed by atoms with Crippen molar-refractivity contribution in [1.29, 1.82) is 0 Å². The summed E-state index contributed by atoms with van der Waals surface area (Å²) in [4.78, 5) is 22.0. The van der Waals surface area contributed by atoms with Gasteiger partial charge >= 0.3 is 0 Å². The number of hydrogen-bond donors (Lipinski definition) is 3. The first-order valence-electron chi connectivity index (χ1n) is 12.9. The highest BCUT2D eigenvalue weighted by atomic mass is 35.5. The Hall–Kier alpha value is -3.33. The second-order valence-corrected chi connectivity index (χ2v) is 10.8. The van der Waals surface area contributed by atoms with Gasteiger partial charge in [0.05, 0.1) is 48.9 Å². The minimum Gasteiger partial charge on any atom is -0.489 e. The molecule has 0 saturated heterocycles. The first-order chi connectivity index (χ1) is 19.3. The lowest BCUT2D eigenvalue weighted by molar-refractivity contribution is 0.0340. The number of carbonyl (C=O) groups is 1. The Morgan fingerprint density at radius 2 is 1.76 bits per heavy atom. The molecule has 0 atom stereocenters. The number of sulfonamides is 1. The van der Waals surface area contributed by atoms with Crippen molar-refractivity contribution >= 4 is 39.8 Å². The number of nitrogen functional groups attached to an aromatic ring is 1. The molecule has 0 unspecified atom stereocenters. The van der Waals surface area contributed by atoms with Gasteiger partial charge in [0.25, 0.3) is 5.91 Å². The fourth-order valence-corrected chi connectivity index (χ4v) is 5.59. The van der Waals surface area contributed by atoms with Gasteiger partial charge in [-0.15, -0.1) is 12.4 Å². The Morgan fingerprint density at radius 3 is 2.46 bits per heavy atom. The van der Waals surface area contributed by atoms with Crippen molar-refractivity contribution < 1.29 is 27.4 Å². The van der Waals surface area contributed by atoms with E-state index in [1.54, 1.807) is 25.1 Å². The summed E-state index contributed by atoms with van der Waals surface area (Å²) < 4.78 is 45.0. The van der Waals surface area contributed by atoms with Crippen molar-refractivity contribution in [2.75, 3.05) is 64.2 Å². The second-order valence-electron chi connectivity index (χ2n) is 8.86. The van der Waals surface area contributed by atoms with Crippen molar-refractivity contribution in [2.24, 2.45) is 0 Å². The average molecular weight is 607 g/mol. The van der Waals surface area contributed by atoms with Gasteiger partial charge in [0.1, 0.15) is 12.4 Å². The van der Waals surface area contributed by atoms with E-state index in [1.807, 2.05) is 19.2 Å². The largest absolute Gasteiger partial charge is 0.489 e. The molecular formula is C27H35ClN6O6S. The molecule has 4 bridgehead atoms. The summed E-state index contributed by atoms with van der Waals surface area (Å²) in [5.74, 6) is -0.101. The van der Waals surface area contributed by atoms with Crippen molar-refractivity contribution in [1.82, 2.24) is 19.6 Å². The van der Waals surface area contributed by atoms with Gasteiger partial charge in [-0.3, -0.25) is 4.79 Å². The van der Waals surface area contributed by atoms with Crippen LogP contribution in [0, 0.1) is 0 Å². The summed E-state index contributed by atoms with van der Waals surface area (Å²) in [5, 5.41) is 5.94. The summed E-state index contributed by atoms with van der Waals surface area (Å²) >= 11 is 0. The zero-order valence-electron chi connectivity index (χ0n) is 23.0. The Balaban J connectivity index is 0.00000462. The van der Waals surface area contributed by atoms with Gasteiger partial charge in [-0.2, -0.15) is 4.31 Å². The molecule has 2 aliphatic rings. The lowest BCUT2D eigenvalue weighted by atomic mass is 10.1. The summed E-state index contributed by atoms with van der Waals surface area (Å²) in [6.45, 7) is 4.17. The number of rotatable bonds is 3. The molecule has 0 fully saturated rings. The zero-order valence-corrected chi connectivity index (χ0v) is 24.6. The van der Waals surface area contributed by atoms with E-state index in [-0.39, 0.29) is 55.2 Å². The first-order valence-corrected chi connectivity index (χ1v) is 14.4. The molecular weight excluding hydrogens is 572 g/mol. The van der Waals surface area contributed by atoms with Crippen molar-refractivity contribution in [2.45, 2.75) is 18.4 Å². The van der Waals surface area contributed by atoms with Gasteiger partial charge in [0, 0.05) is 30.8 Å². The number of fused-ring (bicyclic) bond motifs is 13. The molecule has 41 heavy (non-hydrogen) atoms. The van der Waals surface area contributed by atoms with E-state index in [4.69, 9.17) is 19.9 Å². The number of nitrogens with two attached hydrogens (primary N) is 1. The Kier molecular flexibility index (Phi) is 11.8. The Labute approximate surface area is 246 Å². The van der Waals surface area contributed by atoms with Gasteiger partial charge in [-0.25, -0.2) is 18.4 Å². The third-order valence-corrected chi connectivity index (χ3v) is 8.19. The number of hydrogen-bond acceptors (Lipinski definition) is 10. The molecule has 0 radical (unpaired) electrons. The fraction of sp³-hybridized carbons (Fsp3) is 0.370. The molecule has 2 aliphatic heterocycles. The van der Waals surface area contributed by atoms with Crippen LogP contribution in [0.4, 0.5) is 11.5 Å². The maximum atomic E-state index is 13.3. The number of carbonyl (C=O) groups excluding carboxylic acids is 1. The van der Waals surface area contributed by atoms with Crippen LogP contribution in [-0.2, 0) is 26.0 Å². The van der Waals surface area contributed by atoms with Crippen LogP contribution in [-0.4, -0.2) is 81.8 Å². The maximum absolute atomic E-state index is 13.3. The molecule has 1 amide bonds. The Bertz CT molecular complexity index is 1420. The molecule has 5 rings (SSSR count). The minimum atomic E-state index is -3.73. The third kappa shape index (κ3) is 7.91. The second kappa shape index (κ2) is 15.1. The molecule has 3 heterocycles. The molecule has 0 aliphatic carbocycles. The molecule has 14 heteroatoms. The van der Waals surface area contributed by atoms with Crippen molar-refractivity contribution in [3.8, 4) is 17.0 Å². The molecule has 1 aromatic heterocycles. The van der Waals surface area contributed by atoms with Gasteiger partial charge in [-0.1, -0.05) is 31.2 Å². The van der Waals surface area contributed by atoms with E-state index in [1.165, 1.54) is 22.6 Å². The van der Waals surface area contributed by atoms with Crippen LogP contribution in [0.25, 0.3) is 11.3 Å². The lowest BCUT2D eigenvalue weighted by Crippen LogP contribution is -2.34. The highest BCUT2D eigenvalue weighted by Crippen LogP contribution is 2.30. The number of amides is 1. The first kappa shape index (κ1) is 32.2. The smallest absolute Gasteiger partial charge is 0.278 e. The number of aromatic nitrogens is 2. The number of ether oxygens (including phenoxy) is 3. The SMILES string of the molecule is CCN1CCOCCOCCOc2c(CNC)cccc2NC(=O)c2nc(cnc2N)-c2ccc(cc2)S1(=O)=O.Cl. The third-order valence-electron chi connectivity index (χ3n) is 6.20. The van der Waals surface area contributed by atoms with E-state index in [0.717, 1.165) is 5.56 Å². The number of likely N-dealkylation sites (N-methyl/N-ethyl adjacent to an activating group) is 1. The van der Waals surface area contributed by atoms with Crippen LogP contribution in [0.15, 0.2) is 53.6 Å². The topological polar surface area (TPSA) is 158 Å². The molecule has 4 N–H and O–H groups in total. The summed E-state index contributed by atoms with van der Waals surface area (Å²) in [6.07, 6.45) is 1.44. The number of para-hydroxylation sites is 1. The van der Waals surface area contributed by atoms with E-state index in [0.29, 0.717) is 49.0 Å². The van der Waals surface area contributed by atoms with Crippen molar-refractivity contribution in [3.05, 3.63) is 59.9 Å². The van der Waals surface area contributed by atoms with Crippen molar-refractivity contribution in [3.63, 3.8) is 0 Å². The van der Waals surface area contributed by atoms with Crippen LogP contribution in [0.2, 0.25) is 0 Å². The predicted molar refractivity (Wildman–Crippen MR) is 158 cm³/mol. The van der Waals surface area contributed by atoms with Gasteiger partial charge in [0.15, 0.2) is 11.5 Å².